The summed E-state index contributed by atoms with van der Waals surface area (Å²) >= 11 is 0. The largest absolute Gasteiger partial charge is 0.477 e. The lowest BCUT2D eigenvalue weighted by Crippen LogP contribution is -2.33. The number of hydrogen-bond donors (Lipinski definition) is 2. The number of carboxylic acid groups (broad SMARTS) is 1. The molecule has 0 saturated carbocycles. The highest BCUT2D eigenvalue weighted by Crippen LogP contribution is 2.07. The van der Waals surface area contributed by atoms with Crippen molar-refractivity contribution < 1.29 is 14.7 Å². The summed E-state index contributed by atoms with van der Waals surface area (Å²) in [6, 6.07) is 0. The zero-order valence-corrected chi connectivity index (χ0v) is 9.43. The molecule has 0 saturated heterocycles. The molecule has 1 rings (SSSR count). The van der Waals surface area contributed by atoms with Gasteiger partial charge in [-0.1, -0.05) is 12.8 Å². The van der Waals surface area contributed by atoms with Crippen molar-refractivity contribution in [3.8, 4) is 12.3 Å². The van der Waals surface area contributed by atoms with Crippen LogP contribution in [0.15, 0.2) is 6.33 Å². The number of nitrogens with one attached hydrogen (secondary N) is 1. The van der Waals surface area contributed by atoms with E-state index in [0.29, 0.717) is 6.54 Å². The van der Waals surface area contributed by atoms with Gasteiger partial charge in [0.1, 0.15) is 0 Å². The van der Waals surface area contributed by atoms with E-state index >= 15 is 0 Å². The van der Waals surface area contributed by atoms with E-state index in [4.69, 9.17) is 11.5 Å². The number of rotatable bonds is 5. The van der Waals surface area contributed by atoms with Gasteiger partial charge in [-0.05, 0) is 6.42 Å². The Bertz CT molecular complexity index is 459. The average Bonchev–Trinajstić information content (AvgIpc) is 2.76. The van der Waals surface area contributed by atoms with Crippen molar-refractivity contribution in [1.82, 2.24) is 14.9 Å². The summed E-state index contributed by atoms with van der Waals surface area (Å²) in [4.78, 5) is 30.4. The van der Waals surface area contributed by atoms with Crippen LogP contribution in [-0.2, 0) is 0 Å². The van der Waals surface area contributed by atoms with Crippen molar-refractivity contribution >= 4 is 11.9 Å². The summed E-state index contributed by atoms with van der Waals surface area (Å²) in [6.07, 6.45) is 7.07. The normalized spacial score (nSPS) is 9.65. The minimum atomic E-state index is -1.22. The molecule has 1 aromatic heterocycles. The van der Waals surface area contributed by atoms with Crippen LogP contribution in [0.1, 0.15) is 34.3 Å². The summed E-state index contributed by atoms with van der Waals surface area (Å²) < 4.78 is 0. The van der Waals surface area contributed by atoms with Crippen molar-refractivity contribution in [2.24, 2.45) is 0 Å². The number of amides is 1. The van der Waals surface area contributed by atoms with Crippen molar-refractivity contribution in [1.29, 1.82) is 0 Å². The predicted molar refractivity (Wildman–Crippen MR) is 60.6 cm³/mol. The molecule has 0 spiro atoms. The van der Waals surface area contributed by atoms with Gasteiger partial charge in [-0.2, -0.15) is 0 Å². The third kappa shape index (κ3) is 2.84. The third-order valence-electron chi connectivity index (χ3n) is 2.12. The number of terminal acetylenes is 1. The van der Waals surface area contributed by atoms with Crippen molar-refractivity contribution in [2.45, 2.75) is 13.3 Å². The Morgan fingerprint density at radius 3 is 2.88 bits per heavy atom. The first kappa shape index (κ1) is 12.8. The SMILES string of the molecule is C#CCN(CCC)C(=O)c1nc[nH]c1C(=O)O. The Morgan fingerprint density at radius 2 is 2.35 bits per heavy atom. The summed E-state index contributed by atoms with van der Waals surface area (Å²) in [7, 11) is 0. The minimum absolute atomic E-state index is 0.110. The quantitative estimate of drug-likeness (QED) is 0.731. The first-order valence-electron chi connectivity index (χ1n) is 5.11. The molecule has 1 amide bonds. The van der Waals surface area contributed by atoms with Gasteiger partial charge in [0.25, 0.3) is 5.91 Å². The molecule has 0 aliphatic carbocycles. The Kier molecular flexibility index (Phi) is 4.29. The lowest BCUT2D eigenvalue weighted by Gasteiger charge is -2.18. The zero-order valence-electron chi connectivity index (χ0n) is 9.43. The molecule has 0 radical (unpaired) electrons. The summed E-state index contributed by atoms with van der Waals surface area (Å²) in [5.41, 5.74) is -0.325. The maximum atomic E-state index is 12.0. The molecular weight excluding hydrogens is 222 g/mol. The van der Waals surface area contributed by atoms with Crippen LogP contribution in [0.3, 0.4) is 0 Å². The smallest absolute Gasteiger partial charge is 0.354 e. The number of carbonyl (C=O) groups excluding carboxylic acids is 1. The third-order valence-corrected chi connectivity index (χ3v) is 2.12. The van der Waals surface area contributed by atoms with E-state index < -0.39 is 11.9 Å². The molecule has 1 heterocycles. The highest BCUT2D eigenvalue weighted by Gasteiger charge is 2.23. The van der Waals surface area contributed by atoms with Crippen molar-refractivity contribution in [2.75, 3.05) is 13.1 Å². The number of nitrogens with zero attached hydrogens (tertiary/aromatic N) is 2. The van der Waals surface area contributed by atoms with Gasteiger partial charge in [0.15, 0.2) is 11.4 Å². The number of H-pyrrole nitrogens is 1. The number of carboxylic acids is 1. The molecule has 0 aliphatic heterocycles. The molecule has 6 nitrogen and oxygen atoms in total. The van der Waals surface area contributed by atoms with Gasteiger partial charge in [0.05, 0.1) is 12.9 Å². The molecule has 0 atom stereocenters. The Hall–Kier alpha value is -2.29. The number of hydrogen-bond acceptors (Lipinski definition) is 3. The van der Waals surface area contributed by atoms with Gasteiger partial charge >= 0.3 is 5.97 Å². The van der Waals surface area contributed by atoms with Crippen molar-refractivity contribution in [3.63, 3.8) is 0 Å². The molecule has 0 aliphatic rings. The van der Waals surface area contributed by atoms with Crippen LogP contribution < -0.4 is 0 Å². The van der Waals surface area contributed by atoms with Crippen LogP contribution in [-0.4, -0.2) is 44.9 Å². The van der Waals surface area contributed by atoms with Crippen LogP contribution >= 0.6 is 0 Å². The molecule has 0 fully saturated rings. The van der Waals surface area contributed by atoms with Crippen LogP contribution in [0.4, 0.5) is 0 Å². The summed E-state index contributed by atoms with van der Waals surface area (Å²) in [5, 5.41) is 8.86. The number of imidazole rings is 1. The maximum absolute atomic E-state index is 12.0. The molecular formula is C11H13N3O3. The molecule has 1 aromatic rings. The first-order chi connectivity index (χ1) is 8.11. The molecule has 0 aromatic carbocycles. The van der Waals surface area contributed by atoms with E-state index in [1.807, 2.05) is 6.92 Å². The van der Waals surface area contributed by atoms with Gasteiger partial charge in [-0.3, -0.25) is 4.79 Å². The van der Waals surface area contributed by atoms with Gasteiger partial charge in [0.2, 0.25) is 0 Å². The number of aromatic amines is 1. The Labute approximate surface area is 98.7 Å². The summed E-state index contributed by atoms with van der Waals surface area (Å²) in [5.74, 6) is 0.675. The fourth-order valence-electron chi connectivity index (χ4n) is 1.40. The number of aromatic carboxylic acids is 1. The molecule has 0 bridgehead atoms. The monoisotopic (exact) mass is 235 g/mol. The maximum Gasteiger partial charge on any atom is 0.354 e. The Balaban J connectivity index is 2.97. The molecule has 2 N–H and O–H groups in total. The van der Waals surface area contributed by atoms with Gasteiger partial charge in [-0.25, -0.2) is 9.78 Å². The number of aromatic nitrogens is 2. The van der Waals surface area contributed by atoms with E-state index in [1.54, 1.807) is 0 Å². The van der Waals surface area contributed by atoms with Crippen LogP contribution in [0.25, 0.3) is 0 Å². The zero-order chi connectivity index (χ0) is 12.8. The average molecular weight is 235 g/mol. The van der Waals surface area contributed by atoms with E-state index in [0.717, 1.165) is 6.42 Å². The second kappa shape index (κ2) is 5.70. The molecule has 90 valence electrons. The second-order valence-corrected chi connectivity index (χ2v) is 3.36. The molecule has 17 heavy (non-hydrogen) atoms. The standard InChI is InChI=1S/C11H13N3O3/c1-3-5-14(6-4-2)10(15)8-9(11(16)17)13-7-12-8/h1,7H,4-6H2,2H3,(H,12,13)(H,16,17). The minimum Gasteiger partial charge on any atom is -0.477 e. The van der Waals surface area contributed by atoms with Gasteiger partial charge in [-0.15, -0.1) is 6.42 Å². The van der Waals surface area contributed by atoms with Crippen molar-refractivity contribution in [3.05, 3.63) is 17.7 Å². The van der Waals surface area contributed by atoms with E-state index in [2.05, 4.69) is 15.9 Å². The van der Waals surface area contributed by atoms with Crippen LogP contribution in [0, 0.1) is 12.3 Å². The van der Waals surface area contributed by atoms with Crippen LogP contribution in [0.5, 0.6) is 0 Å². The fraction of sp³-hybridized carbons (Fsp3) is 0.364. The summed E-state index contributed by atoms with van der Waals surface area (Å²) in [6.45, 7) is 2.51. The molecule has 0 unspecified atom stereocenters. The van der Waals surface area contributed by atoms with E-state index in [9.17, 15) is 9.59 Å². The first-order valence-corrected chi connectivity index (χ1v) is 5.11. The van der Waals surface area contributed by atoms with Gasteiger partial charge < -0.3 is 15.0 Å². The highest BCUT2D eigenvalue weighted by atomic mass is 16.4. The topological polar surface area (TPSA) is 86.3 Å². The lowest BCUT2D eigenvalue weighted by atomic mass is 10.2. The van der Waals surface area contributed by atoms with Gasteiger partial charge in [0, 0.05) is 6.54 Å². The van der Waals surface area contributed by atoms with E-state index in [1.165, 1.54) is 11.2 Å². The van der Waals surface area contributed by atoms with Crippen LogP contribution in [0.2, 0.25) is 0 Å². The number of carbonyl (C=O) groups is 2. The van der Waals surface area contributed by atoms with E-state index in [-0.39, 0.29) is 17.9 Å². The molecule has 6 heteroatoms. The fourth-order valence-corrected chi connectivity index (χ4v) is 1.40. The predicted octanol–water partition coefficient (Wildman–Crippen LogP) is 0.593. The lowest BCUT2D eigenvalue weighted by molar-refractivity contribution is 0.0672. The highest BCUT2D eigenvalue weighted by molar-refractivity contribution is 6.02. The Morgan fingerprint density at radius 1 is 1.65 bits per heavy atom. The second-order valence-electron chi connectivity index (χ2n) is 3.36.